The van der Waals surface area contributed by atoms with Crippen LogP contribution < -0.4 is 5.73 Å². The summed E-state index contributed by atoms with van der Waals surface area (Å²) in [5, 5.41) is 13.0. The molecule has 4 N–H and O–H groups in total. The Morgan fingerprint density at radius 1 is 1.39 bits per heavy atom. The van der Waals surface area contributed by atoms with Crippen LogP contribution in [0.5, 0.6) is 0 Å². The van der Waals surface area contributed by atoms with Crippen molar-refractivity contribution < 1.29 is 5.21 Å². The minimum Gasteiger partial charge on any atom is -0.409 e. The minimum absolute atomic E-state index is 0.141. The summed E-state index contributed by atoms with van der Waals surface area (Å²) in [5.41, 5.74) is 8.66. The summed E-state index contributed by atoms with van der Waals surface area (Å²) in [6.07, 6.45) is 6.74. The average molecular weight is 245 g/mol. The van der Waals surface area contributed by atoms with E-state index in [-0.39, 0.29) is 5.84 Å². The topological polar surface area (TPSA) is 74.4 Å². The van der Waals surface area contributed by atoms with Gasteiger partial charge in [-0.3, -0.25) is 0 Å². The van der Waals surface area contributed by atoms with E-state index in [4.69, 9.17) is 10.9 Å². The highest BCUT2D eigenvalue weighted by molar-refractivity contribution is 6.08. The number of hydrogen-bond acceptors (Lipinski definition) is 2. The maximum atomic E-state index is 8.78. The number of amidine groups is 1. The van der Waals surface area contributed by atoms with Crippen LogP contribution in [0.15, 0.2) is 29.6 Å². The van der Waals surface area contributed by atoms with Crippen LogP contribution in [0, 0.1) is 0 Å². The fourth-order valence-electron chi connectivity index (χ4n) is 2.25. The molecule has 0 saturated carbocycles. The molecule has 0 bridgehead atoms. The highest BCUT2D eigenvalue weighted by atomic mass is 16.4. The van der Waals surface area contributed by atoms with Gasteiger partial charge in [-0.25, -0.2) is 0 Å². The first-order valence-electron chi connectivity index (χ1n) is 6.34. The summed E-state index contributed by atoms with van der Waals surface area (Å²) in [6.45, 7) is 2.20. The Balaban J connectivity index is 2.36. The molecule has 4 heteroatoms. The molecule has 0 fully saturated rings. The Hall–Kier alpha value is -1.97. The molecule has 0 spiro atoms. The first kappa shape index (κ1) is 12.5. The van der Waals surface area contributed by atoms with Gasteiger partial charge in [-0.2, -0.15) is 0 Å². The van der Waals surface area contributed by atoms with E-state index in [0.29, 0.717) is 0 Å². The molecule has 0 unspecified atom stereocenters. The van der Waals surface area contributed by atoms with E-state index < -0.39 is 0 Å². The van der Waals surface area contributed by atoms with Gasteiger partial charge < -0.3 is 15.9 Å². The first-order valence-corrected chi connectivity index (χ1v) is 6.34. The van der Waals surface area contributed by atoms with Gasteiger partial charge in [0, 0.05) is 17.1 Å². The first-order chi connectivity index (χ1) is 8.77. The summed E-state index contributed by atoms with van der Waals surface area (Å²) < 4.78 is 0. The second-order valence-electron chi connectivity index (χ2n) is 4.48. The number of aryl methyl sites for hydroxylation is 1. The molecule has 0 aliphatic heterocycles. The lowest BCUT2D eigenvalue weighted by molar-refractivity contribution is 0.318. The molecule has 4 nitrogen and oxygen atoms in total. The normalized spacial score (nSPS) is 12.2. The fraction of sp³-hybridized carbons (Fsp3) is 0.357. The number of para-hydroxylation sites is 1. The zero-order valence-corrected chi connectivity index (χ0v) is 10.6. The zero-order chi connectivity index (χ0) is 13.0. The number of aromatic amines is 1. The Morgan fingerprint density at radius 3 is 2.94 bits per heavy atom. The lowest BCUT2D eigenvalue weighted by Gasteiger charge is -2.02. The SMILES string of the molecule is CCCCCc1c[nH]c2c(/C(N)=N\O)cccc12. The van der Waals surface area contributed by atoms with Crippen LogP contribution >= 0.6 is 0 Å². The Bertz CT molecular complexity index is 557. The third kappa shape index (κ3) is 2.32. The van der Waals surface area contributed by atoms with Gasteiger partial charge in [0.1, 0.15) is 0 Å². The number of benzene rings is 1. The highest BCUT2D eigenvalue weighted by Gasteiger charge is 2.09. The van der Waals surface area contributed by atoms with E-state index in [2.05, 4.69) is 23.1 Å². The number of nitrogens with two attached hydrogens (primary N) is 1. The third-order valence-corrected chi connectivity index (χ3v) is 3.23. The summed E-state index contributed by atoms with van der Waals surface area (Å²) in [7, 11) is 0. The Kier molecular flexibility index (Phi) is 3.87. The zero-order valence-electron chi connectivity index (χ0n) is 10.6. The van der Waals surface area contributed by atoms with Crippen molar-refractivity contribution in [2.75, 3.05) is 0 Å². The van der Waals surface area contributed by atoms with Crippen molar-refractivity contribution >= 4 is 16.7 Å². The lowest BCUT2D eigenvalue weighted by atomic mass is 10.0. The van der Waals surface area contributed by atoms with Gasteiger partial charge in [0.25, 0.3) is 0 Å². The smallest absolute Gasteiger partial charge is 0.172 e. The van der Waals surface area contributed by atoms with Crippen LogP contribution in [-0.2, 0) is 6.42 Å². The molecule has 0 aliphatic carbocycles. The quantitative estimate of drug-likeness (QED) is 0.249. The van der Waals surface area contributed by atoms with Gasteiger partial charge in [0.15, 0.2) is 5.84 Å². The third-order valence-electron chi connectivity index (χ3n) is 3.23. The molecule has 0 radical (unpaired) electrons. The number of oxime groups is 1. The maximum Gasteiger partial charge on any atom is 0.172 e. The minimum atomic E-state index is 0.141. The number of rotatable bonds is 5. The maximum absolute atomic E-state index is 8.78. The van der Waals surface area contributed by atoms with E-state index in [1.54, 1.807) is 0 Å². The number of unbranched alkanes of at least 4 members (excludes halogenated alkanes) is 2. The molecule has 96 valence electrons. The number of H-pyrrole nitrogens is 1. The van der Waals surface area contributed by atoms with Crippen LogP contribution in [0.2, 0.25) is 0 Å². The molecular weight excluding hydrogens is 226 g/mol. The van der Waals surface area contributed by atoms with Crippen molar-refractivity contribution in [1.29, 1.82) is 0 Å². The van der Waals surface area contributed by atoms with Crippen molar-refractivity contribution in [3.05, 3.63) is 35.5 Å². The molecule has 2 aromatic rings. The molecule has 2 rings (SSSR count). The number of hydrogen-bond donors (Lipinski definition) is 3. The number of fused-ring (bicyclic) bond motifs is 1. The molecule has 0 atom stereocenters. The number of nitrogens with one attached hydrogen (secondary N) is 1. The van der Waals surface area contributed by atoms with Gasteiger partial charge in [-0.05, 0) is 24.5 Å². The van der Waals surface area contributed by atoms with Crippen LogP contribution in [0.25, 0.3) is 10.9 Å². The molecule has 1 aromatic carbocycles. The van der Waals surface area contributed by atoms with E-state index in [0.717, 1.165) is 22.9 Å². The summed E-state index contributed by atoms with van der Waals surface area (Å²) in [4.78, 5) is 3.23. The average Bonchev–Trinajstić information content (AvgIpc) is 2.81. The lowest BCUT2D eigenvalue weighted by Crippen LogP contribution is -2.13. The standard InChI is InChI=1S/C14H19N3O/c1-2-3-4-6-10-9-16-13-11(10)7-5-8-12(13)14(15)17-18/h5,7-9,16,18H,2-4,6H2,1H3,(H2,15,17). The largest absolute Gasteiger partial charge is 0.409 e. The van der Waals surface area contributed by atoms with Crippen LogP contribution in [0.4, 0.5) is 0 Å². The number of aromatic nitrogens is 1. The van der Waals surface area contributed by atoms with Crippen LogP contribution in [0.3, 0.4) is 0 Å². The molecule has 0 aliphatic rings. The van der Waals surface area contributed by atoms with Gasteiger partial charge in [-0.1, -0.05) is 37.1 Å². The molecule has 0 saturated heterocycles. The van der Waals surface area contributed by atoms with E-state index in [9.17, 15) is 0 Å². The molecular formula is C14H19N3O. The van der Waals surface area contributed by atoms with E-state index in [1.807, 2.05) is 18.3 Å². The highest BCUT2D eigenvalue weighted by Crippen LogP contribution is 2.23. The van der Waals surface area contributed by atoms with Gasteiger partial charge >= 0.3 is 0 Å². The molecule has 1 heterocycles. The van der Waals surface area contributed by atoms with Crippen molar-refractivity contribution in [2.45, 2.75) is 32.6 Å². The van der Waals surface area contributed by atoms with Gasteiger partial charge in [0.05, 0.1) is 5.52 Å². The Morgan fingerprint density at radius 2 is 2.22 bits per heavy atom. The fourth-order valence-corrected chi connectivity index (χ4v) is 2.25. The summed E-state index contributed by atoms with van der Waals surface area (Å²) in [5.74, 6) is 0.141. The molecule has 18 heavy (non-hydrogen) atoms. The van der Waals surface area contributed by atoms with Crippen molar-refractivity contribution in [3.8, 4) is 0 Å². The van der Waals surface area contributed by atoms with E-state index >= 15 is 0 Å². The monoisotopic (exact) mass is 245 g/mol. The molecule has 0 amide bonds. The second-order valence-corrected chi connectivity index (χ2v) is 4.48. The Labute approximate surface area is 106 Å². The van der Waals surface area contributed by atoms with Crippen molar-refractivity contribution in [1.82, 2.24) is 4.98 Å². The predicted octanol–water partition coefficient (Wildman–Crippen LogP) is 3.00. The van der Waals surface area contributed by atoms with Crippen molar-refractivity contribution in [3.63, 3.8) is 0 Å². The molecule has 1 aromatic heterocycles. The number of nitrogens with zero attached hydrogens (tertiary/aromatic N) is 1. The van der Waals surface area contributed by atoms with Gasteiger partial charge in [0.2, 0.25) is 0 Å². The van der Waals surface area contributed by atoms with E-state index in [1.165, 1.54) is 24.8 Å². The van der Waals surface area contributed by atoms with Gasteiger partial charge in [-0.15, -0.1) is 0 Å². The second kappa shape index (κ2) is 5.58. The van der Waals surface area contributed by atoms with Crippen molar-refractivity contribution in [2.24, 2.45) is 10.9 Å². The van der Waals surface area contributed by atoms with Crippen LogP contribution in [-0.4, -0.2) is 16.0 Å². The van der Waals surface area contributed by atoms with Crippen LogP contribution in [0.1, 0.15) is 37.3 Å². The summed E-state index contributed by atoms with van der Waals surface area (Å²) >= 11 is 0. The predicted molar refractivity (Wildman–Crippen MR) is 74.0 cm³/mol. The summed E-state index contributed by atoms with van der Waals surface area (Å²) in [6, 6.07) is 5.86.